The van der Waals surface area contributed by atoms with Crippen molar-refractivity contribution in [2.24, 2.45) is 5.92 Å². The minimum Gasteiger partial charge on any atom is -0.293 e. The Bertz CT molecular complexity index is 1520. The van der Waals surface area contributed by atoms with E-state index in [1.165, 1.54) is 49.3 Å². The molecule has 232 valence electrons. The lowest BCUT2D eigenvalue weighted by Gasteiger charge is -2.42. The predicted molar refractivity (Wildman–Crippen MR) is 176 cm³/mol. The Morgan fingerprint density at radius 1 is 0.884 bits per heavy atom. The molecule has 1 saturated carbocycles. The molecule has 1 aliphatic carbocycles. The van der Waals surface area contributed by atoms with Crippen LogP contribution in [0, 0.1) is 11.7 Å². The fourth-order valence-electron chi connectivity index (χ4n) is 6.84. The second-order valence-corrected chi connectivity index (χ2v) is 16.2. The molecule has 4 nitrogen and oxygen atoms in total. The van der Waals surface area contributed by atoms with Gasteiger partial charge >= 0.3 is 0 Å². The Morgan fingerprint density at radius 3 is 2.26 bits per heavy atom. The number of fused-ring (bicyclic) bond motifs is 1. The lowest BCUT2D eigenvalue weighted by atomic mass is 9.85. The fourth-order valence-corrected chi connectivity index (χ4v) is 7.96. The highest BCUT2D eigenvalue weighted by atomic mass is 32.2. The number of anilines is 1. The average Bonchev–Trinajstić information content (AvgIpc) is 3.47. The maximum absolute atomic E-state index is 14.9. The van der Waals surface area contributed by atoms with Crippen LogP contribution in [0.3, 0.4) is 0 Å². The molecular formula is C37H49FN2O2S. The molecule has 0 unspecified atom stereocenters. The lowest BCUT2D eigenvalue weighted by Crippen LogP contribution is -2.48. The molecular weight excluding hydrogens is 555 g/mol. The lowest BCUT2D eigenvalue weighted by molar-refractivity contribution is 0.104. The van der Waals surface area contributed by atoms with E-state index in [9.17, 15) is 12.8 Å². The van der Waals surface area contributed by atoms with Crippen LogP contribution in [0.4, 0.5) is 10.1 Å². The van der Waals surface area contributed by atoms with E-state index in [1.54, 1.807) is 18.2 Å². The van der Waals surface area contributed by atoms with Gasteiger partial charge in [-0.1, -0.05) is 89.3 Å². The average molecular weight is 605 g/mol. The molecule has 3 aromatic rings. The van der Waals surface area contributed by atoms with E-state index in [2.05, 4.69) is 68.5 Å². The third-order valence-electron chi connectivity index (χ3n) is 9.64. The van der Waals surface area contributed by atoms with Crippen LogP contribution in [-0.2, 0) is 41.2 Å². The molecule has 5 rings (SSSR count). The maximum Gasteiger partial charge on any atom is 0.261 e. The van der Waals surface area contributed by atoms with Gasteiger partial charge in [0.25, 0.3) is 10.0 Å². The number of benzene rings is 3. The van der Waals surface area contributed by atoms with Gasteiger partial charge in [-0.15, -0.1) is 0 Å². The van der Waals surface area contributed by atoms with Crippen LogP contribution in [0.2, 0.25) is 0 Å². The number of halogens is 1. The van der Waals surface area contributed by atoms with Crippen molar-refractivity contribution in [1.82, 2.24) is 4.90 Å². The highest BCUT2D eigenvalue weighted by molar-refractivity contribution is 7.92. The highest BCUT2D eigenvalue weighted by Crippen LogP contribution is 2.32. The van der Waals surface area contributed by atoms with Crippen molar-refractivity contribution in [2.75, 3.05) is 11.3 Å². The molecule has 0 amide bonds. The molecule has 1 aliphatic heterocycles. The van der Waals surface area contributed by atoms with Crippen LogP contribution in [0.5, 0.6) is 0 Å². The van der Waals surface area contributed by atoms with Gasteiger partial charge in [0.1, 0.15) is 5.82 Å². The Morgan fingerprint density at radius 2 is 1.58 bits per heavy atom. The van der Waals surface area contributed by atoms with Crippen molar-refractivity contribution >= 4 is 15.7 Å². The molecule has 2 aliphatic rings. The van der Waals surface area contributed by atoms with Gasteiger partial charge in [-0.3, -0.25) is 9.62 Å². The van der Waals surface area contributed by atoms with Gasteiger partial charge in [0, 0.05) is 18.6 Å². The summed E-state index contributed by atoms with van der Waals surface area (Å²) >= 11 is 0. The summed E-state index contributed by atoms with van der Waals surface area (Å²) in [6.45, 7) is 12.9. The van der Waals surface area contributed by atoms with Crippen molar-refractivity contribution in [3.8, 4) is 0 Å². The summed E-state index contributed by atoms with van der Waals surface area (Å²) in [4.78, 5) is 2.67. The van der Waals surface area contributed by atoms with Crippen LogP contribution in [0.25, 0.3) is 0 Å². The first kappa shape index (κ1) is 31.7. The van der Waals surface area contributed by atoms with Crippen LogP contribution in [0.1, 0.15) is 101 Å². The Hall–Kier alpha value is -2.70. The van der Waals surface area contributed by atoms with E-state index in [1.807, 2.05) is 12.1 Å². The molecule has 0 radical (unpaired) electrons. The van der Waals surface area contributed by atoms with Gasteiger partial charge in [0.15, 0.2) is 0 Å². The van der Waals surface area contributed by atoms with Gasteiger partial charge in [-0.2, -0.15) is 0 Å². The number of rotatable bonds is 10. The summed E-state index contributed by atoms with van der Waals surface area (Å²) < 4.78 is 44.0. The van der Waals surface area contributed by atoms with Crippen molar-refractivity contribution < 1.29 is 12.8 Å². The summed E-state index contributed by atoms with van der Waals surface area (Å²) in [5.74, 6) is 0.296. The quantitative estimate of drug-likeness (QED) is 0.252. The molecule has 0 bridgehead atoms. The zero-order chi connectivity index (χ0) is 30.8. The molecule has 0 aromatic heterocycles. The molecule has 6 heteroatoms. The second kappa shape index (κ2) is 12.7. The topological polar surface area (TPSA) is 49.4 Å². The summed E-state index contributed by atoms with van der Waals surface area (Å²) in [6, 6.07) is 19.2. The van der Waals surface area contributed by atoms with E-state index < -0.39 is 15.8 Å². The SMILES string of the molecule is CC(C)(C)c1ccc(CC(C)(C)N2CCc3cc(S(=O)(=O)Nc4ccc(CCCC5CCCC5)cc4F)ccc3C2)cc1. The van der Waals surface area contributed by atoms with Gasteiger partial charge < -0.3 is 0 Å². The van der Waals surface area contributed by atoms with Crippen LogP contribution < -0.4 is 4.72 Å². The smallest absolute Gasteiger partial charge is 0.261 e. The van der Waals surface area contributed by atoms with E-state index in [4.69, 9.17) is 0 Å². The van der Waals surface area contributed by atoms with Gasteiger partial charge in [-0.25, -0.2) is 12.8 Å². The van der Waals surface area contributed by atoms with E-state index >= 15 is 0 Å². The summed E-state index contributed by atoms with van der Waals surface area (Å²) in [5, 5.41) is 0. The Kier molecular flexibility index (Phi) is 9.39. The number of aryl methyl sites for hydroxylation is 1. The van der Waals surface area contributed by atoms with Crippen molar-refractivity contribution in [2.45, 2.75) is 115 Å². The third kappa shape index (κ3) is 7.88. The number of nitrogens with one attached hydrogen (secondary N) is 1. The zero-order valence-corrected chi connectivity index (χ0v) is 27.5. The second-order valence-electron chi connectivity index (χ2n) is 14.5. The minimum absolute atomic E-state index is 0.000668. The first-order valence-corrected chi connectivity index (χ1v) is 17.6. The Balaban J connectivity index is 1.20. The van der Waals surface area contributed by atoms with E-state index in [0.29, 0.717) is 0 Å². The highest BCUT2D eigenvalue weighted by Gasteiger charge is 2.31. The minimum atomic E-state index is -3.91. The van der Waals surface area contributed by atoms with Crippen LogP contribution in [0.15, 0.2) is 65.6 Å². The van der Waals surface area contributed by atoms with Crippen molar-refractivity contribution in [3.05, 3.63) is 94.3 Å². The summed E-state index contributed by atoms with van der Waals surface area (Å²) in [6.07, 6.45) is 10.1. The largest absolute Gasteiger partial charge is 0.293 e. The molecule has 0 saturated heterocycles. The summed E-state index contributed by atoms with van der Waals surface area (Å²) in [7, 11) is -3.91. The molecule has 0 spiro atoms. The molecule has 1 N–H and O–H groups in total. The van der Waals surface area contributed by atoms with Gasteiger partial charge in [-0.05, 0) is 103 Å². The zero-order valence-electron chi connectivity index (χ0n) is 26.7. The fraction of sp³-hybridized carbons (Fsp3) is 0.514. The maximum atomic E-state index is 14.9. The van der Waals surface area contributed by atoms with Crippen LogP contribution in [-0.4, -0.2) is 25.4 Å². The Labute approximate surface area is 259 Å². The molecule has 1 fully saturated rings. The van der Waals surface area contributed by atoms with E-state index in [-0.39, 0.29) is 21.5 Å². The molecule has 3 aromatic carbocycles. The number of hydrogen-bond donors (Lipinski definition) is 1. The number of nitrogens with zero attached hydrogens (tertiary/aromatic N) is 1. The first-order chi connectivity index (χ1) is 20.3. The van der Waals surface area contributed by atoms with Crippen molar-refractivity contribution in [1.29, 1.82) is 0 Å². The van der Waals surface area contributed by atoms with Gasteiger partial charge in [0.05, 0.1) is 10.6 Å². The number of sulfonamides is 1. The predicted octanol–water partition coefficient (Wildman–Crippen LogP) is 8.82. The van der Waals surface area contributed by atoms with E-state index in [0.717, 1.165) is 61.4 Å². The van der Waals surface area contributed by atoms with Crippen molar-refractivity contribution in [3.63, 3.8) is 0 Å². The molecule has 1 heterocycles. The van der Waals surface area contributed by atoms with Crippen LogP contribution >= 0.6 is 0 Å². The number of hydrogen-bond acceptors (Lipinski definition) is 3. The molecule has 0 atom stereocenters. The normalized spacial score (nSPS) is 16.8. The summed E-state index contributed by atoms with van der Waals surface area (Å²) in [5.41, 5.74) is 5.86. The monoisotopic (exact) mass is 604 g/mol. The standard InChI is InChI=1S/C37H49FN2O2S/c1-36(2,3)32-17-13-29(14-18-32)25-37(4,5)40-22-21-30-24-33(19-16-31(30)26-40)43(41,42)39-35-20-15-28(23-34(35)38)12-8-11-27-9-6-7-10-27/h13-20,23-24,27,39H,6-12,21-22,25-26H2,1-5H3. The first-order valence-electron chi connectivity index (χ1n) is 16.1. The third-order valence-corrected chi connectivity index (χ3v) is 11.0. The molecule has 43 heavy (non-hydrogen) atoms. The van der Waals surface area contributed by atoms with Gasteiger partial charge in [0.2, 0.25) is 0 Å².